The van der Waals surface area contributed by atoms with Crippen molar-refractivity contribution in [1.29, 1.82) is 0 Å². The Balaban J connectivity index is 2.47. The van der Waals surface area contributed by atoms with Crippen LogP contribution in [0.4, 0.5) is 5.69 Å². The van der Waals surface area contributed by atoms with Crippen LogP contribution in [0.1, 0.15) is 40.6 Å². The van der Waals surface area contributed by atoms with Crippen LogP contribution < -0.4 is 11.3 Å². The number of carbonyl (C=O) groups excluding carboxylic acids is 2. The molecule has 1 fully saturated rings. The summed E-state index contributed by atoms with van der Waals surface area (Å²) in [7, 11) is 0. The van der Waals surface area contributed by atoms with E-state index in [1.807, 2.05) is 0 Å². The second kappa shape index (κ2) is 4.80. The molecule has 2 aromatic rings. The first kappa shape index (κ1) is 7.49. The Morgan fingerprint density at radius 1 is 1.52 bits per heavy atom. The van der Waals surface area contributed by atoms with Crippen LogP contribution in [-0.2, 0) is 9.59 Å². The minimum absolute atomic E-state index is 0.0956. The summed E-state index contributed by atoms with van der Waals surface area (Å²) in [5.74, 6) is -3.09. The number of hydrogen-bond acceptors (Lipinski definition) is 5. The maximum atomic E-state index is 13.1. The Morgan fingerprint density at radius 3 is 3.10 bits per heavy atom. The van der Waals surface area contributed by atoms with Gasteiger partial charge in [-0.1, -0.05) is 6.04 Å². The number of nitrogens with zero attached hydrogens (tertiary/aromatic N) is 2. The first-order valence-corrected chi connectivity index (χ1v) is 6.00. The lowest BCUT2D eigenvalue weighted by Gasteiger charge is -2.24. The highest BCUT2D eigenvalue weighted by Gasteiger charge is 2.30. The quantitative estimate of drug-likeness (QED) is 0.628. The number of Topliss-reactive ketones (excluding diaryl/α,β-unsaturated/α-hetero) is 2. The third-order valence-corrected chi connectivity index (χ3v) is 3.10. The standard InChI is InChI=1S/C15H15N3O3/c1-8-17-11-4-2-3-10(16)14(11)15(21)18(8)12-6-5-9(19)7-13(12)20/h2-4,12H,5-7,16H2,1H3/i1D2,2D,5D2,6D,12D. The van der Waals surface area contributed by atoms with Gasteiger partial charge >= 0.3 is 0 Å². The van der Waals surface area contributed by atoms with Crippen molar-refractivity contribution in [3.05, 3.63) is 34.4 Å². The zero-order valence-corrected chi connectivity index (χ0v) is 10.7. The predicted molar refractivity (Wildman–Crippen MR) is 78.1 cm³/mol. The maximum absolute atomic E-state index is 13.1. The number of aryl methyl sites for hydroxylation is 1. The fourth-order valence-corrected chi connectivity index (χ4v) is 2.15. The van der Waals surface area contributed by atoms with Gasteiger partial charge in [0.05, 0.1) is 26.1 Å². The van der Waals surface area contributed by atoms with Crippen LogP contribution >= 0.6 is 0 Å². The van der Waals surface area contributed by atoms with E-state index in [0.717, 1.165) is 12.1 Å². The number of anilines is 1. The summed E-state index contributed by atoms with van der Waals surface area (Å²) in [5, 5.41) is -0.288. The molecule has 0 radical (unpaired) electrons. The average molecular weight is 292 g/mol. The number of carbonyl (C=O) groups is 2. The molecule has 0 spiro atoms. The molecule has 21 heavy (non-hydrogen) atoms. The van der Waals surface area contributed by atoms with Crippen LogP contribution in [0.15, 0.2) is 23.0 Å². The molecule has 1 heterocycles. The zero-order valence-electron chi connectivity index (χ0n) is 17.7. The first-order valence-electron chi connectivity index (χ1n) is 9.73. The van der Waals surface area contributed by atoms with E-state index < -0.39 is 55.0 Å². The van der Waals surface area contributed by atoms with Gasteiger partial charge in [0.1, 0.15) is 11.6 Å². The van der Waals surface area contributed by atoms with Gasteiger partial charge in [-0.15, -0.1) is 0 Å². The summed E-state index contributed by atoms with van der Waals surface area (Å²) in [5.41, 5.74) is 4.34. The molecule has 108 valence electrons. The van der Waals surface area contributed by atoms with Crippen molar-refractivity contribution in [1.82, 2.24) is 9.55 Å². The van der Waals surface area contributed by atoms with Crippen molar-refractivity contribution in [2.75, 3.05) is 5.73 Å². The topological polar surface area (TPSA) is 95.0 Å². The summed E-state index contributed by atoms with van der Waals surface area (Å²) >= 11 is 0. The zero-order chi connectivity index (χ0) is 21.2. The van der Waals surface area contributed by atoms with E-state index in [4.69, 9.17) is 15.3 Å². The average Bonchev–Trinajstić information content (AvgIpc) is 2.57. The van der Waals surface area contributed by atoms with E-state index in [2.05, 4.69) is 4.98 Å². The molecular weight excluding hydrogens is 270 g/mol. The number of nitrogen functional groups attached to an aromatic ring is 1. The van der Waals surface area contributed by atoms with Crippen LogP contribution in [0.5, 0.6) is 0 Å². The molecule has 6 nitrogen and oxygen atoms in total. The molecule has 6 heteroatoms. The molecule has 3 rings (SSSR count). The summed E-state index contributed by atoms with van der Waals surface area (Å²) in [4.78, 5) is 41.5. The fourth-order valence-electron chi connectivity index (χ4n) is 2.15. The fraction of sp³-hybridized carbons (Fsp3) is 0.333. The SMILES string of the molecule is [2H]c1cc(N)c2c(=O)n(C3([2H])C(=O)CC(=O)C([2H])([2H])C3[2H])c(C([2H])[2H])nc2c1. The smallest absolute Gasteiger partial charge is 0.264 e. The van der Waals surface area contributed by atoms with Gasteiger partial charge in [-0.05, 0) is 25.4 Å². The molecule has 0 bridgehead atoms. The minimum atomic E-state index is -2.92. The van der Waals surface area contributed by atoms with Crippen molar-refractivity contribution in [2.45, 2.75) is 32.1 Å². The highest BCUT2D eigenvalue weighted by Crippen LogP contribution is 2.24. The number of hydrogen-bond donors (Lipinski definition) is 1. The number of ketones is 2. The molecule has 1 aromatic heterocycles. The lowest BCUT2D eigenvalue weighted by Crippen LogP contribution is -2.36. The molecule has 1 aliphatic rings. The van der Waals surface area contributed by atoms with E-state index in [1.165, 1.54) is 0 Å². The van der Waals surface area contributed by atoms with Gasteiger partial charge in [0.2, 0.25) is 0 Å². The lowest BCUT2D eigenvalue weighted by atomic mass is 9.92. The van der Waals surface area contributed by atoms with Gasteiger partial charge in [0.25, 0.3) is 5.56 Å². The molecule has 2 atom stereocenters. The van der Waals surface area contributed by atoms with E-state index in [-0.39, 0.29) is 22.6 Å². The van der Waals surface area contributed by atoms with Crippen molar-refractivity contribution in [3.8, 4) is 0 Å². The largest absolute Gasteiger partial charge is 0.398 e. The van der Waals surface area contributed by atoms with Gasteiger partial charge in [-0.2, -0.15) is 0 Å². The minimum Gasteiger partial charge on any atom is -0.398 e. The third-order valence-electron chi connectivity index (χ3n) is 3.10. The van der Waals surface area contributed by atoms with Gasteiger partial charge in [-0.3, -0.25) is 19.0 Å². The van der Waals surface area contributed by atoms with Gasteiger partial charge in [0.15, 0.2) is 5.78 Å². The first-order chi connectivity index (χ1) is 12.8. The molecular formula is C15H15N3O3. The van der Waals surface area contributed by atoms with Gasteiger partial charge in [0, 0.05) is 18.9 Å². The van der Waals surface area contributed by atoms with E-state index in [1.54, 1.807) is 0 Å². The van der Waals surface area contributed by atoms with Crippen LogP contribution in [0.3, 0.4) is 0 Å². The predicted octanol–water partition coefficient (Wildman–Crippen LogP) is 1.15. The van der Waals surface area contributed by atoms with Crippen LogP contribution in [0.25, 0.3) is 10.9 Å². The monoisotopic (exact) mass is 292 g/mol. The number of nitrogens with two attached hydrogens (primary N) is 1. The third kappa shape index (κ3) is 2.12. The van der Waals surface area contributed by atoms with Crippen molar-refractivity contribution in [2.24, 2.45) is 0 Å². The number of fused-ring (bicyclic) bond motifs is 1. The Bertz CT molecular complexity index is 1080. The summed E-state index contributed by atoms with van der Waals surface area (Å²) in [6.07, 6.45) is -6.26. The lowest BCUT2D eigenvalue weighted by molar-refractivity contribution is -0.132. The molecule has 0 amide bonds. The Morgan fingerprint density at radius 2 is 2.33 bits per heavy atom. The maximum Gasteiger partial charge on any atom is 0.264 e. The summed E-state index contributed by atoms with van der Waals surface area (Å²) < 4.78 is 55.5. The van der Waals surface area contributed by atoms with Gasteiger partial charge < -0.3 is 5.73 Å². The summed E-state index contributed by atoms with van der Waals surface area (Å²) in [6, 6.07) is -0.725. The second-order valence-corrected chi connectivity index (χ2v) is 4.48. The van der Waals surface area contributed by atoms with Crippen molar-refractivity contribution < 1.29 is 19.2 Å². The molecule has 1 saturated carbocycles. The molecule has 1 aromatic carbocycles. The van der Waals surface area contributed by atoms with Crippen LogP contribution in [-0.4, -0.2) is 21.1 Å². The van der Waals surface area contributed by atoms with E-state index in [9.17, 15) is 14.4 Å². The number of rotatable bonds is 1. The Labute approximate surface area is 130 Å². The molecule has 2 N–H and O–H groups in total. The Hall–Kier alpha value is -2.50. The van der Waals surface area contributed by atoms with E-state index in [0.29, 0.717) is 4.57 Å². The molecule has 0 aliphatic heterocycles. The highest BCUT2D eigenvalue weighted by atomic mass is 16.2. The van der Waals surface area contributed by atoms with Gasteiger partial charge in [-0.25, -0.2) is 4.98 Å². The highest BCUT2D eigenvalue weighted by molar-refractivity contribution is 6.03. The Kier molecular flexibility index (Phi) is 1.71. The van der Waals surface area contributed by atoms with Crippen LogP contribution in [0.2, 0.25) is 0 Å². The van der Waals surface area contributed by atoms with E-state index >= 15 is 0 Å². The van der Waals surface area contributed by atoms with Crippen molar-refractivity contribution >= 4 is 28.2 Å². The second-order valence-electron chi connectivity index (χ2n) is 4.48. The molecule has 2 unspecified atom stereocenters. The number of benzene rings is 1. The van der Waals surface area contributed by atoms with Crippen LogP contribution in [0, 0.1) is 6.88 Å². The normalized spacial score (nSPS) is 33.6. The molecule has 1 aliphatic carbocycles. The molecule has 0 saturated heterocycles. The van der Waals surface area contributed by atoms with Crippen molar-refractivity contribution in [3.63, 3.8) is 0 Å². The summed E-state index contributed by atoms with van der Waals surface area (Å²) in [6.45, 7) is -1.97. The number of aromatic nitrogens is 2.